The summed E-state index contributed by atoms with van der Waals surface area (Å²) >= 11 is 1.51. The minimum absolute atomic E-state index is 0.265. The highest BCUT2D eigenvalue weighted by Gasteiger charge is 2.14. The smallest absolute Gasteiger partial charge is 0.262 e. The van der Waals surface area contributed by atoms with Crippen molar-refractivity contribution in [3.63, 3.8) is 0 Å². The molecule has 8 heteroatoms. The van der Waals surface area contributed by atoms with Crippen molar-refractivity contribution < 1.29 is 4.79 Å². The Kier molecular flexibility index (Phi) is 4.71. The van der Waals surface area contributed by atoms with E-state index in [2.05, 4.69) is 30.8 Å². The van der Waals surface area contributed by atoms with Crippen molar-refractivity contribution in [2.45, 2.75) is 13.0 Å². The third-order valence-electron chi connectivity index (χ3n) is 3.87. The van der Waals surface area contributed by atoms with Crippen molar-refractivity contribution in [2.75, 3.05) is 5.32 Å². The summed E-state index contributed by atoms with van der Waals surface area (Å²) in [6, 6.07) is 14.9. The number of fused-ring (bicyclic) bond motifs is 2. The molecule has 0 bridgehead atoms. The van der Waals surface area contributed by atoms with Gasteiger partial charge in [-0.25, -0.2) is 15.4 Å². The quantitative estimate of drug-likeness (QED) is 0.412. The van der Waals surface area contributed by atoms with E-state index in [1.807, 2.05) is 48.5 Å². The Hall–Kier alpha value is -3.39. The number of anilines is 1. The molecule has 1 atom stereocenters. The zero-order valence-corrected chi connectivity index (χ0v) is 15.3. The van der Waals surface area contributed by atoms with Gasteiger partial charge < -0.3 is 5.32 Å². The van der Waals surface area contributed by atoms with Gasteiger partial charge in [-0.2, -0.15) is 5.10 Å². The lowest BCUT2D eigenvalue weighted by Crippen LogP contribution is -2.34. The monoisotopic (exact) mass is 376 g/mol. The standard InChI is InChI=1S/C19H16N6OS/c1-12(22-19-24-16-8-4-5-9-17(16)27-19)18(26)25-21-11-13-10-20-14-6-2-3-7-15(14)23-13/h2-12H,1H3,(H,22,24)(H,25,26)/b21-11-/t12-/m1/s1. The molecule has 2 N–H and O–H groups in total. The fourth-order valence-corrected chi connectivity index (χ4v) is 3.43. The van der Waals surface area contributed by atoms with Crippen molar-refractivity contribution in [3.8, 4) is 0 Å². The lowest BCUT2D eigenvalue weighted by atomic mass is 10.3. The van der Waals surface area contributed by atoms with Crippen LogP contribution in [0.3, 0.4) is 0 Å². The number of amides is 1. The highest BCUT2D eigenvalue weighted by Crippen LogP contribution is 2.25. The third kappa shape index (κ3) is 3.90. The molecule has 7 nitrogen and oxygen atoms in total. The van der Waals surface area contributed by atoms with Gasteiger partial charge >= 0.3 is 0 Å². The molecule has 2 aromatic heterocycles. The van der Waals surface area contributed by atoms with Crippen LogP contribution in [0.1, 0.15) is 12.6 Å². The minimum Gasteiger partial charge on any atom is -0.350 e. The average molecular weight is 376 g/mol. The normalized spacial score (nSPS) is 12.5. The van der Waals surface area contributed by atoms with Gasteiger partial charge in [0.25, 0.3) is 5.91 Å². The van der Waals surface area contributed by atoms with Crippen LogP contribution in [0, 0.1) is 0 Å². The number of hydrogen-bond donors (Lipinski definition) is 2. The molecule has 0 spiro atoms. The Balaban J connectivity index is 1.38. The summed E-state index contributed by atoms with van der Waals surface area (Å²) in [6.45, 7) is 1.76. The molecule has 4 aromatic rings. The summed E-state index contributed by atoms with van der Waals surface area (Å²) in [6.07, 6.45) is 3.09. The Labute approximate surface area is 159 Å². The van der Waals surface area contributed by atoms with Gasteiger partial charge in [0.15, 0.2) is 5.13 Å². The molecule has 0 aliphatic carbocycles. The van der Waals surface area contributed by atoms with Crippen LogP contribution < -0.4 is 10.7 Å². The molecule has 0 saturated heterocycles. The molecule has 0 aliphatic heterocycles. The molecule has 0 radical (unpaired) electrons. The lowest BCUT2D eigenvalue weighted by molar-refractivity contribution is -0.121. The van der Waals surface area contributed by atoms with E-state index >= 15 is 0 Å². The third-order valence-corrected chi connectivity index (χ3v) is 4.83. The first-order valence-corrected chi connectivity index (χ1v) is 9.17. The number of nitrogens with zero attached hydrogens (tertiary/aromatic N) is 4. The van der Waals surface area contributed by atoms with Crippen LogP contribution in [0.5, 0.6) is 0 Å². The Morgan fingerprint density at radius 3 is 2.63 bits per heavy atom. The van der Waals surface area contributed by atoms with Gasteiger partial charge in [0.2, 0.25) is 0 Å². The molecular formula is C19H16N6OS. The van der Waals surface area contributed by atoms with Gasteiger partial charge in [0.1, 0.15) is 11.7 Å². The topological polar surface area (TPSA) is 92.2 Å². The van der Waals surface area contributed by atoms with Crippen LogP contribution in [0.25, 0.3) is 21.3 Å². The van der Waals surface area contributed by atoms with Gasteiger partial charge in [-0.05, 0) is 31.2 Å². The molecule has 0 saturated carbocycles. The van der Waals surface area contributed by atoms with Crippen LogP contribution in [-0.2, 0) is 4.79 Å². The van der Waals surface area contributed by atoms with Crippen molar-refractivity contribution in [1.29, 1.82) is 0 Å². The van der Waals surface area contributed by atoms with E-state index in [0.717, 1.165) is 21.3 Å². The van der Waals surface area contributed by atoms with E-state index in [-0.39, 0.29) is 5.91 Å². The van der Waals surface area contributed by atoms with Gasteiger partial charge in [0, 0.05) is 0 Å². The maximum Gasteiger partial charge on any atom is 0.262 e. The Bertz CT molecular complexity index is 1110. The zero-order chi connectivity index (χ0) is 18.6. The van der Waals surface area contributed by atoms with E-state index < -0.39 is 6.04 Å². The molecule has 4 rings (SSSR count). The fourth-order valence-electron chi connectivity index (χ4n) is 2.48. The number of hydrogen-bond acceptors (Lipinski definition) is 7. The summed E-state index contributed by atoms with van der Waals surface area (Å²) in [5, 5.41) is 7.76. The van der Waals surface area contributed by atoms with Crippen molar-refractivity contribution in [1.82, 2.24) is 20.4 Å². The summed E-state index contributed by atoms with van der Waals surface area (Å²) in [7, 11) is 0. The summed E-state index contributed by atoms with van der Waals surface area (Å²) < 4.78 is 1.07. The number of benzene rings is 2. The van der Waals surface area contributed by atoms with Gasteiger partial charge in [-0.3, -0.25) is 9.78 Å². The maximum atomic E-state index is 12.2. The molecular weight excluding hydrogens is 360 g/mol. The number of para-hydroxylation sites is 3. The lowest BCUT2D eigenvalue weighted by Gasteiger charge is -2.10. The van der Waals surface area contributed by atoms with Crippen LogP contribution in [0.4, 0.5) is 5.13 Å². The van der Waals surface area contributed by atoms with E-state index in [1.165, 1.54) is 17.6 Å². The average Bonchev–Trinajstić information content (AvgIpc) is 3.10. The zero-order valence-electron chi connectivity index (χ0n) is 14.5. The first-order valence-electron chi connectivity index (χ1n) is 8.36. The van der Waals surface area contributed by atoms with E-state index in [1.54, 1.807) is 13.1 Å². The molecule has 1 amide bonds. The van der Waals surface area contributed by atoms with Crippen molar-refractivity contribution in [2.24, 2.45) is 5.10 Å². The summed E-state index contributed by atoms with van der Waals surface area (Å²) in [5.74, 6) is -0.265. The van der Waals surface area contributed by atoms with Crippen LogP contribution in [-0.4, -0.2) is 33.1 Å². The first kappa shape index (κ1) is 17.0. The van der Waals surface area contributed by atoms with E-state index in [4.69, 9.17) is 0 Å². The number of hydrazone groups is 1. The second-order valence-electron chi connectivity index (χ2n) is 5.87. The predicted molar refractivity (Wildman–Crippen MR) is 108 cm³/mol. The molecule has 0 aliphatic rings. The van der Waals surface area contributed by atoms with E-state index in [9.17, 15) is 4.79 Å². The molecule has 2 aromatic carbocycles. The highest BCUT2D eigenvalue weighted by molar-refractivity contribution is 7.22. The van der Waals surface area contributed by atoms with Gasteiger partial charge in [-0.1, -0.05) is 35.6 Å². The SMILES string of the molecule is C[C@@H](Nc1nc2ccccc2s1)C(=O)N/N=C\c1cnc2ccccc2n1. The molecule has 0 fully saturated rings. The largest absolute Gasteiger partial charge is 0.350 e. The number of rotatable bonds is 5. The fraction of sp³-hybridized carbons (Fsp3) is 0.105. The number of thiazole rings is 1. The number of carbonyl (C=O) groups excluding carboxylic acids is 1. The second-order valence-corrected chi connectivity index (χ2v) is 6.90. The van der Waals surface area contributed by atoms with Crippen LogP contribution in [0.2, 0.25) is 0 Å². The molecule has 134 valence electrons. The molecule has 2 heterocycles. The highest BCUT2D eigenvalue weighted by atomic mass is 32.1. The van der Waals surface area contributed by atoms with Crippen LogP contribution in [0.15, 0.2) is 59.8 Å². The second kappa shape index (κ2) is 7.46. The number of carbonyl (C=O) groups is 1. The number of aromatic nitrogens is 3. The Morgan fingerprint density at radius 1 is 1.07 bits per heavy atom. The van der Waals surface area contributed by atoms with Crippen LogP contribution >= 0.6 is 11.3 Å². The Morgan fingerprint density at radius 2 is 1.81 bits per heavy atom. The number of nitrogens with one attached hydrogen (secondary N) is 2. The predicted octanol–water partition coefficient (Wildman–Crippen LogP) is 3.19. The van der Waals surface area contributed by atoms with Crippen molar-refractivity contribution in [3.05, 3.63) is 60.4 Å². The van der Waals surface area contributed by atoms with Gasteiger partial charge in [0.05, 0.1) is 33.7 Å². The molecule has 27 heavy (non-hydrogen) atoms. The minimum atomic E-state index is -0.481. The maximum absolute atomic E-state index is 12.2. The van der Waals surface area contributed by atoms with Crippen molar-refractivity contribution >= 4 is 49.8 Å². The van der Waals surface area contributed by atoms with Gasteiger partial charge in [-0.15, -0.1) is 0 Å². The summed E-state index contributed by atoms with van der Waals surface area (Å²) in [5.41, 5.74) is 5.58. The first-order chi connectivity index (χ1) is 13.2. The summed E-state index contributed by atoms with van der Waals surface area (Å²) in [4.78, 5) is 25.4. The van der Waals surface area contributed by atoms with E-state index in [0.29, 0.717) is 10.8 Å². The molecule has 0 unspecified atom stereocenters.